The fourth-order valence-corrected chi connectivity index (χ4v) is 4.57. The Morgan fingerprint density at radius 2 is 1.96 bits per heavy atom. The molecular formula is C21H26BrN3O. The summed E-state index contributed by atoms with van der Waals surface area (Å²) < 4.78 is 0.917. The Morgan fingerprint density at radius 3 is 2.69 bits per heavy atom. The van der Waals surface area contributed by atoms with Crippen LogP contribution in [0.2, 0.25) is 0 Å². The summed E-state index contributed by atoms with van der Waals surface area (Å²) >= 11 is 3.51. The Bertz CT molecular complexity index is 785. The molecule has 4 nitrogen and oxygen atoms in total. The van der Waals surface area contributed by atoms with E-state index in [2.05, 4.69) is 44.8 Å². The zero-order valence-corrected chi connectivity index (χ0v) is 16.9. The second-order valence-electron chi connectivity index (χ2n) is 8.02. The molecule has 2 aliphatic rings. The number of fused-ring (bicyclic) bond motifs is 3. The van der Waals surface area contributed by atoms with Crippen LogP contribution in [0.5, 0.6) is 0 Å². The first-order valence-corrected chi connectivity index (χ1v) is 10.2. The van der Waals surface area contributed by atoms with Gasteiger partial charge in [-0.15, -0.1) is 0 Å². The van der Waals surface area contributed by atoms with E-state index in [9.17, 15) is 5.11 Å². The van der Waals surface area contributed by atoms with Crippen molar-refractivity contribution in [2.24, 2.45) is 0 Å². The van der Waals surface area contributed by atoms with Gasteiger partial charge in [0.05, 0.1) is 17.0 Å². The molecule has 3 atom stereocenters. The van der Waals surface area contributed by atoms with Crippen molar-refractivity contribution in [3.8, 4) is 0 Å². The lowest BCUT2D eigenvalue weighted by atomic mass is 9.81. The maximum absolute atomic E-state index is 10.1. The zero-order valence-electron chi connectivity index (χ0n) is 15.3. The van der Waals surface area contributed by atoms with Gasteiger partial charge in [0.25, 0.3) is 0 Å². The third kappa shape index (κ3) is 3.53. The maximum Gasteiger partial charge on any atom is 0.106 e. The van der Waals surface area contributed by atoms with Gasteiger partial charge in [0.15, 0.2) is 0 Å². The van der Waals surface area contributed by atoms with E-state index in [0.717, 1.165) is 16.7 Å². The maximum atomic E-state index is 10.1. The molecule has 26 heavy (non-hydrogen) atoms. The van der Waals surface area contributed by atoms with Crippen molar-refractivity contribution < 1.29 is 5.11 Å². The molecule has 0 spiro atoms. The third-order valence-electron chi connectivity index (χ3n) is 5.69. The van der Waals surface area contributed by atoms with E-state index < -0.39 is 5.60 Å². The van der Waals surface area contributed by atoms with Crippen molar-refractivity contribution >= 4 is 21.6 Å². The highest BCUT2D eigenvalue weighted by Gasteiger charge is 2.40. The highest BCUT2D eigenvalue weighted by molar-refractivity contribution is 9.10. The first kappa shape index (κ1) is 18.0. The molecule has 4 rings (SSSR count). The van der Waals surface area contributed by atoms with E-state index in [0.29, 0.717) is 18.0 Å². The number of aliphatic hydroxyl groups is 1. The third-order valence-corrected chi connectivity index (χ3v) is 6.13. The smallest absolute Gasteiger partial charge is 0.106 e. The van der Waals surface area contributed by atoms with E-state index >= 15 is 0 Å². The van der Waals surface area contributed by atoms with Gasteiger partial charge in [-0.3, -0.25) is 0 Å². The van der Waals surface area contributed by atoms with E-state index in [-0.39, 0.29) is 0 Å². The molecule has 0 radical (unpaired) electrons. The van der Waals surface area contributed by atoms with Crippen LogP contribution in [0.15, 0.2) is 41.0 Å². The Hall–Kier alpha value is -1.43. The van der Waals surface area contributed by atoms with Gasteiger partial charge >= 0.3 is 0 Å². The van der Waals surface area contributed by atoms with E-state index in [4.69, 9.17) is 4.98 Å². The average Bonchev–Trinajstić information content (AvgIpc) is 2.98. The number of nitrogens with one attached hydrogen (secondary N) is 2. The molecule has 0 bridgehead atoms. The monoisotopic (exact) mass is 415 g/mol. The standard InChI is InChI=1S/C21H26BrN3O/c1-21(2,26)14-8-6-13(7-9-14)12-23-16-5-3-4-15-19(16)24-17-10-11-18(22)25-20(15)17/h6-11,15-16,19,23-24,26H,3-5,12H2,1-2H3/t15?,16-,19?/m1/s1. The van der Waals surface area contributed by atoms with Crippen LogP contribution in [0.1, 0.15) is 55.8 Å². The van der Waals surface area contributed by atoms with Crippen molar-refractivity contribution in [1.29, 1.82) is 0 Å². The molecule has 0 amide bonds. The summed E-state index contributed by atoms with van der Waals surface area (Å²) in [6.07, 6.45) is 3.61. The summed E-state index contributed by atoms with van der Waals surface area (Å²) in [4.78, 5) is 4.73. The fourth-order valence-electron chi connectivity index (χ4n) is 4.25. The number of anilines is 1. The SMILES string of the molecule is CC(C)(O)c1ccc(CN[C@@H]2CCCC3c4nc(Br)ccc4NC32)cc1. The van der Waals surface area contributed by atoms with Gasteiger partial charge in [0, 0.05) is 24.5 Å². The molecular weight excluding hydrogens is 390 g/mol. The normalized spacial score (nSPS) is 24.7. The van der Waals surface area contributed by atoms with Crippen molar-refractivity contribution in [1.82, 2.24) is 10.3 Å². The molecule has 5 heteroatoms. The zero-order chi connectivity index (χ0) is 18.3. The Labute approximate surface area is 163 Å². The van der Waals surface area contributed by atoms with Gasteiger partial charge in [-0.1, -0.05) is 30.7 Å². The van der Waals surface area contributed by atoms with Crippen LogP contribution < -0.4 is 10.6 Å². The largest absolute Gasteiger partial charge is 0.386 e. The second kappa shape index (κ2) is 6.95. The summed E-state index contributed by atoms with van der Waals surface area (Å²) in [6, 6.07) is 13.3. The summed E-state index contributed by atoms with van der Waals surface area (Å²) in [5, 5.41) is 17.5. The van der Waals surface area contributed by atoms with Crippen LogP contribution in [0, 0.1) is 0 Å². The minimum absolute atomic E-state index is 0.413. The number of rotatable bonds is 4. The Balaban J connectivity index is 1.43. The summed E-state index contributed by atoms with van der Waals surface area (Å²) in [5.74, 6) is 0.492. The van der Waals surface area contributed by atoms with Gasteiger partial charge < -0.3 is 15.7 Å². The van der Waals surface area contributed by atoms with Crippen LogP contribution in [-0.4, -0.2) is 22.2 Å². The van der Waals surface area contributed by atoms with Crippen molar-refractivity contribution in [2.75, 3.05) is 5.32 Å². The number of halogens is 1. The number of hydrogen-bond acceptors (Lipinski definition) is 4. The lowest BCUT2D eigenvalue weighted by Crippen LogP contribution is -2.47. The molecule has 1 aliphatic heterocycles. The summed E-state index contributed by atoms with van der Waals surface area (Å²) in [5.41, 5.74) is 3.81. The molecule has 0 saturated heterocycles. The van der Waals surface area contributed by atoms with Gasteiger partial charge in [-0.25, -0.2) is 4.98 Å². The van der Waals surface area contributed by atoms with Crippen LogP contribution >= 0.6 is 15.9 Å². The quantitative estimate of drug-likeness (QED) is 0.651. The molecule has 1 fully saturated rings. The van der Waals surface area contributed by atoms with Gasteiger partial charge in [-0.2, -0.15) is 0 Å². The molecule has 1 aliphatic carbocycles. The molecule has 3 N–H and O–H groups in total. The minimum atomic E-state index is -0.788. The average molecular weight is 416 g/mol. The first-order valence-electron chi connectivity index (χ1n) is 9.40. The highest BCUT2D eigenvalue weighted by Crippen LogP contribution is 2.43. The van der Waals surface area contributed by atoms with E-state index in [1.807, 2.05) is 32.0 Å². The van der Waals surface area contributed by atoms with E-state index in [1.54, 1.807) is 0 Å². The van der Waals surface area contributed by atoms with Crippen LogP contribution in [0.25, 0.3) is 0 Å². The summed E-state index contributed by atoms with van der Waals surface area (Å²) in [7, 11) is 0. The Morgan fingerprint density at radius 1 is 1.19 bits per heavy atom. The predicted octanol–water partition coefficient (Wildman–Crippen LogP) is 4.29. The lowest BCUT2D eigenvalue weighted by Gasteiger charge is -2.34. The highest BCUT2D eigenvalue weighted by atomic mass is 79.9. The molecule has 2 aromatic rings. The van der Waals surface area contributed by atoms with Crippen LogP contribution in [-0.2, 0) is 12.1 Å². The first-order chi connectivity index (χ1) is 12.4. The molecule has 138 valence electrons. The van der Waals surface area contributed by atoms with E-state index in [1.165, 1.54) is 36.2 Å². The number of aromatic nitrogens is 1. The number of benzene rings is 1. The van der Waals surface area contributed by atoms with Gasteiger partial charge in [0.1, 0.15) is 4.60 Å². The van der Waals surface area contributed by atoms with Crippen LogP contribution in [0.3, 0.4) is 0 Å². The summed E-state index contributed by atoms with van der Waals surface area (Å²) in [6.45, 7) is 4.48. The van der Waals surface area contributed by atoms with Crippen LogP contribution in [0.4, 0.5) is 5.69 Å². The molecule has 2 heterocycles. The molecule has 1 aromatic heterocycles. The number of nitrogens with zero attached hydrogens (tertiary/aromatic N) is 1. The van der Waals surface area contributed by atoms with Crippen molar-refractivity contribution in [3.05, 3.63) is 57.8 Å². The fraction of sp³-hybridized carbons (Fsp3) is 0.476. The molecule has 1 saturated carbocycles. The second-order valence-corrected chi connectivity index (χ2v) is 8.83. The Kier molecular flexibility index (Phi) is 4.80. The number of pyridine rings is 1. The predicted molar refractivity (Wildman–Crippen MR) is 108 cm³/mol. The molecule has 2 unspecified atom stereocenters. The number of hydrogen-bond donors (Lipinski definition) is 3. The van der Waals surface area contributed by atoms with Crippen molar-refractivity contribution in [2.45, 2.75) is 63.3 Å². The van der Waals surface area contributed by atoms with Gasteiger partial charge in [-0.05, 0) is 65.9 Å². The molecule has 1 aromatic carbocycles. The minimum Gasteiger partial charge on any atom is -0.386 e. The van der Waals surface area contributed by atoms with Crippen molar-refractivity contribution in [3.63, 3.8) is 0 Å². The lowest BCUT2D eigenvalue weighted by molar-refractivity contribution is 0.0786. The topological polar surface area (TPSA) is 57.2 Å². The van der Waals surface area contributed by atoms with Gasteiger partial charge in [0.2, 0.25) is 0 Å².